The number of thiophene rings is 1. The first-order valence-electron chi connectivity index (χ1n) is 6.90. The fourth-order valence-electron chi connectivity index (χ4n) is 1.93. The third-order valence-electron chi connectivity index (χ3n) is 3.06. The molecule has 0 atom stereocenters. The minimum absolute atomic E-state index is 0.0187. The van der Waals surface area contributed by atoms with E-state index in [2.05, 4.69) is 20.4 Å². The molecule has 0 aliphatic carbocycles. The second kappa shape index (κ2) is 6.93. The Morgan fingerprint density at radius 3 is 2.78 bits per heavy atom. The van der Waals surface area contributed by atoms with Crippen molar-refractivity contribution in [1.29, 1.82) is 0 Å². The highest BCUT2D eigenvalue weighted by Gasteiger charge is 2.10. The molecule has 0 aromatic carbocycles. The Labute approximate surface area is 136 Å². The third-order valence-corrected chi connectivity index (χ3v) is 3.97. The summed E-state index contributed by atoms with van der Waals surface area (Å²) in [5, 5.41) is 8.53. The molecule has 0 radical (unpaired) electrons. The van der Waals surface area contributed by atoms with E-state index in [-0.39, 0.29) is 24.5 Å². The monoisotopic (exact) mass is 327 g/mol. The van der Waals surface area contributed by atoms with Gasteiger partial charge in [0.1, 0.15) is 12.7 Å². The van der Waals surface area contributed by atoms with Gasteiger partial charge in [-0.05, 0) is 23.6 Å². The molecule has 3 heterocycles. The van der Waals surface area contributed by atoms with Gasteiger partial charge < -0.3 is 5.32 Å². The van der Waals surface area contributed by atoms with Crippen LogP contribution >= 0.6 is 11.3 Å². The van der Waals surface area contributed by atoms with E-state index < -0.39 is 0 Å². The van der Waals surface area contributed by atoms with E-state index in [4.69, 9.17) is 0 Å². The largest absolute Gasteiger partial charge is 0.325 e. The van der Waals surface area contributed by atoms with Crippen LogP contribution in [-0.2, 0) is 4.79 Å². The average Bonchev–Trinajstić information content (AvgIpc) is 3.26. The van der Waals surface area contributed by atoms with Crippen LogP contribution in [0.2, 0.25) is 0 Å². The lowest BCUT2D eigenvalue weighted by atomic mass is 10.2. The molecule has 3 aromatic heterocycles. The minimum atomic E-state index is -0.217. The first-order valence-corrected chi connectivity index (χ1v) is 7.78. The molecule has 1 amide bonds. The van der Waals surface area contributed by atoms with Crippen LogP contribution in [0.15, 0.2) is 48.5 Å². The number of rotatable bonds is 6. The van der Waals surface area contributed by atoms with Crippen LogP contribution < -0.4 is 5.32 Å². The SMILES string of the molecule is O=C(CCC(=O)c1cccs1)Nc1ccc(-n2cncn2)nc1. The number of carbonyl (C=O) groups excluding carboxylic acids is 2. The smallest absolute Gasteiger partial charge is 0.224 e. The van der Waals surface area contributed by atoms with E-state index in [1.54, 1.807) is 18.2 Å². The number of carbonyl (C=O) groups is 2. The fourth-order valence-corrected chi connectivity index (χ4v) is 2.63. The molecule has 0 bridgehead atoms. The number of aromatic nitrogens is 4. The predicted octanol–water partition coefficient (Wildman–Crippen LogP) is 2.33. The maximum atomic E-state index is 11.9. The van der Waals surface area contributed by atoms with Gasteiger partial charge >= 0.3 is 0 Å². The maximum absolute atomic E-state index is 11.9. The average molecular weight is 327 g/mol. The number of Topliss-reactive ketones (excluding diaryl/α,β-unsaturated/α-hetero) is 1. The van der Waals surface area contributed by atoms with Gasteiger partial charge in [0.2, 0.25) is 5.91 Å². The Morgan fingerprint density at radius 1 is 1.22 bits per heavy atom. The first kappa shape index (κ1) is 15.0. The molecule has 23 heavy (non-hydrogen) atoms. The molecule has 0 saturated carbocycles. The lowest BCUT2D eigenvalue weighted by molar-refractivity contribution is -0.116. The Balaban J connectivity index is 1.53. The van der Waals surface area contributed by atoms with E-state index in [1.165, 1.54) is 34.9 Å². The van der Waals surface area contributed by atoms with E-state index >= 15 is 0 Å². The van der Waals surface area contributed by atoms with Crippen LogP contribution in [-0.4, -0.2) is 31.4 Å². The highest BCUT2D eigenvalue weighted by molar-refractivity contribution is 7.12. The number of hydrogen-bond donors (Lipinski definition) is 1. The van der Waals surface area contributed by atoms with Crippen LogP contribution in [0.1, 0.15) is 22.5 Å². The van der Waals surface area contributed by atoms with Gasteiger partial charge in [-0.3, -0.25) is 9.59 Å². The molecule has 0 aliphatic rings. The topological polar surface area (TPSA) is 89.8 Å². The number of nitrogens with one attached hydrogen (secondary N) is 1. The van der Waals surface area contributed by atoms with Crippen LogP contribution in [0, 0.1) is 0 Å². The van der Waals surface area contributed by atoms with Crippen molar-refractivity contribution >= 4 is 28.7 Å². The number of pyridine rings is 1. The lowest BCUT2D eigenvalue weighted by Crippen LogP contribution is -2.13. The zero-order valence-corrected chi connectivity index (χ0v) is 12.9. The predicted molar refractivity (Wildman–Crippen MR) is 85.7 cm³/mol. The van der Waals surface area contributed by atoms with E-state index in [0.29, 0.717) is 16.4 Å². The highest BCUT2D eigenvalue weighted by Crippen LogP contribution is 2.13. The molecule has 0 spiro atoms. The van der Waals surface area contributed by atoms with Gasteiger partial charge in [0.25, 0.3) is 0 Å². The molecule has 8 heteroatoms. The number of anilines is 1. The summed E-state index contributed by atoms with van der Waals surface area (Å²) in [5.74, 6) is 0.369. The molecule has 3 rings (SSSR count). The van der Waals surface area contributed by atoms with Crippen molar-refractivity contribution in [2.24, 2.45) is 0 Å². The van der Waals surface area contributed by atoms with Gasteiger partial charge in [-0.1, -0.05) is 6.07 Å². The summed E-state index contributed by atoms with van der Waals surface area (Å²) >= 11 is 1.38. The summed E-state index contributed by atoms with van der Waals surface area (Å²) in [6.07, 6.45) is 4.83. The number of amides is 1. The van der Waals surface area contributed by atoms with Gasteiger partial charge in [-0.25, -0.2) is 14.6 Å². The van der Waals surface area contributed by atoms with Gasteiger partial charge in [0.05, 0.1) is 16.8 Å². The second-order valence-electron chi connectivity index (χ2n) is 4.69. The van der Waals surface area contributed by atoms with Gasteiger partial charge in [0, 0.05) is 12.8 Å². The first-order chi connectivity index (χ1) is 11.2. The van der Waals surface area contributed by atoms with E-state index in [9.17, 15) is 9.59 Å². The Morgan fingerprint density at radius 2 is 2.13 bits per heavy atom. The van der Waals surface area contributed by atoms with Crippen molar-refractivity contribution in [3.05, 3.63) is 53.4 Å². The summed E-state index contributed by atoms with van der Waals surface area (Å²) in [4.78, 5) is 32.4. The molecule has 0 unspecified atom stereocenters. The normalized spacial score (nSPS) is 10.4. The van der Waals surface area contributed by atoms with Crippen LogP contribution in [0.5, 0.6) is 0 Å². The Kier molecular flexibility index (Phi) is 4.53. The van der Waals surface area contributed by atoms with Crippen molar-refractivity contribution in [2.45, 2.75) is 12.8 Å². The number of hydrogen-bond acceptors (Lipinski definition) is 6. The maximum Gasteiger partial charge on any atom is 0.224 e. The molecule has 0 fully saturated rings. The summed E-state index contributed by atoms with van der Waals surface area (Å²) in [5.41, 5.74) is 0.572. The molecule has 116 valence electrons. The van der Waals surface area contributed by atoms with Crippen LogP contribution in [0.4, 0.5) is 5.69 Å². The third kappa shape index (κ3) is 3.86. The molecular formula is C15H13N5O2S. The highest BCUT2D eigenvalue weighted by atomic mass is 32.1. The molecular weight excluding hydrogens is 314 g/mol. The zero-order valence-electron chi connectivity index (χ0n) is 12.0. The van der Waals surface area contributed by atoms with Crippen LogP contribution in [0.25, 0.3) is 5.82 Å². The lowest BCUT2D eigenvalue weighted by Gasteiger charge is -2.05. The van der Waals surface area contributed by atoms with Gasteiger partial charge in [-0.15, -0.1) is 11.3 Å². The molecule has 0 saturated heterocycles. The Bertz CT molecular complexity index is 782. The van der Waals surface area contributed by atoms with Gasteiger partial charge in [0.15, 0.2) is 11.6 Å². The quantitative estimate of drug-likeness (QED) is 0.702. The fraction of sp³-hybridized carbons (Fsp3) is 0.133. The second-order valence-corrected chi connectivity index (χ2v) is 5.64. The minimum Gasteiger partial charge on any atom is -0.325 e. The summed E-state index contributed by atoms with van der Waals surface area (Å²) in [7, 11) is 0. The van der Waals surface area contributed by atoms with Crippen LogP contribution in [0.3, 0.4) is 0 Å². The molecule has 3 aromatic rings. The number of nitrogens with zero attached hydrogens (tertiary/aromatic N) is 4. The van der Waals surface area contributed by atoms with Crippen molar-refractivity contribution in [2.75, 3.05) is 5.32 Å². The van der Waals surface area contributed by atoms with Crippen molar-refractivity contribution in [1.82, 2.24) is 19.7 Å². The molecule has 1 N–H and O–H groups in total. The summed E-state index contributed by atoms with van der Waals surface area (Å²) in [6.45, 7) is 0. The molecule has 0 aliphatic heterocycles. The van der Waals surface area contributed by atoms with E-state index in [0.717, 1.165) is 0 Å². The van der Waals surface area contributed by atoms with Crippen molar-refractivity contribution in [3.8, 4) is 5.82 Å². The van der Waals surface area contributed by atoms with Gasteiger partial charge in [-0.2, -0.15) is 5.10 Å². The summed E-state index contributed by atoms with van der Waals surface area (Å²) < 4.78 is 1.52. The summed E-state index contributed by atoms with van der Waals surface area (Å²) in [6, 6.07) is 7.03. The van der Waals surface area contributed by atoms with Crippen molar-refractivity contribution < 1.29 is 9.59 Å². The standard InChI is InChI=1S/C15H13N5O2S/c21-12(13-2-1-7-23-13)4-6-15(22)19-11-3-5-14(17-8-11)20-10-16-9-18-20/h1-3,5,7-10H,4,6H2,(H,19,22). The zero-order chi connectivity index (χ0) is 16.1. The molecule has 7 nitrogen and oxygen atoms in total. The van der Waals surface area contributed by atoms with E-state index in [1.807, 2.05) is 11.4 Å². The van der Waals surface area contributed by atoms with Crippen molar-refractivity contribution in [3.63, 3.8) is 0 Å². The Hall–Kier alpha value is -2.87. The number of ketones is 1.